The molecule has 0 amide bonds. The zero-order chi connectivity index (χ0) is 13.7. The standard InChI is InChI=1S/C16H24ClNO/c1-12(2)7-9-19-10-8-18-16-14-6-4-3-5-13(14)11-15(16)17/h3-6,12,15-16,18H,7-11H2,1-2H3. The highest BCUT2D eigenvalue weighted by molar-refractivity contribution is 6.21. The molecule has 2 rings (SSSR count). The molecule has 0 bridgehead atoms. The summed E-state index contributed by atoms with van der Waals surface area (Å²) in [6, 6.07) is 8.79. The van der Waals surface area contributed by atoms with Crippen LogP contribution in [0.5, 0.6) is 0 Å². The SMILES string of the molecule is CC(C)CCOCCNC1c2ccccc2CC1Cl. The molecular weight excluding hydrogens is 258 g/mol. The average Bonchev–Trinajstić information content (AvgIpc) is 2.69. The highest BCUT2D eigenvalue weighted by Gasteiger charge is 2.29. The molecule has 1 aromatic rings. The van der Waals surface area contributed by atoms with Gasteiger partial charge in [-0.25, -0.2) is 0 Å². The van der Waals surface area contributed by atoms with Crippen molar-refractivity contribution < 1.29 is 4.74 Å². The zero-order valence-corrected chi connectivity index (χ0v) is 12.6. The molecule has 106 valence electrons. The van der Waals surface area contributed by atoms with E-state index < -0.39 is 0 Å². The molecule has 0 aromatic heterocycles. The molecule has 2 atom stereocenters. The summed E-state index contributed by atoms with van der Waals surface area (Å²) in [6.07, 6.45) is 2.09. The van der Waals surface area contributed by atoms with Gasteiger partial charge in [-0.2, -0.15) is 0 Å². The van der Waals surface area contributed by atoms with Crippen molar-refractivity contribution in [1.82, 2.24) is 5.32 Å². The second-order valence-corrected chi connectivity index (χ2v) is 6.21. The Balaban J connectivity index is 1.72. The normalized spacial score (nSPS) is 21.9. The van der Waals surface area contributed by atoms with E-state index in [4.69, 9.17) is 16.3 Å². The number of ether oxygens (including phenoxy) is 1. The molecule has 2 unspecified atom stereocenters. The number of rotatable bonds is 7. The average molecular weight is 282 g/mol. The van der Waals surface area contributed by atoms with Gasteiger partial charge in [-0.05, 0) is 29.9 Å². The molecule has 0 aliphatic heterocycles. The van der Waals surface area contributed by atoms with Crippen LogP contribution in [0.25, 0.3) is 0 Å². The Hall–Kier alpha value is -0.570. The Labute approximate surface area is 121 Å². The summed E-state index contributed by atoms with van der Waals surface area (Å²) in [7, 11) is 0. The van der Waals surface area contributed by atoms with Crippen molar-refractivity contribution in [3.05, 3.63) is 35.4 Å². The summed E-state index contributed by atoms with van der Waals surface area (Å²) in [6.45, 7) is 6.91. The van der Waals surface area contributed by atoms with Crippen molar-refractivity contribution in [3.63, 3.8) is 0 Å². The summed E-state index contributed by atoms with van der Waals surface area (Å²) >= 11 is 6.42. The monoisotopic (exact) mass is 281 g/mol. The Morgan fingerprint density at radius 1 is 1.32 bits per heavy atom. The van der Waals surface area contributed by atoms with Crippen LogP contribution in [-0.4, -0.2) is 25.1 Å². The minimum Gasteiger partial charge on any atom is -0.380 e. The van der Waals surface area contributed by atoms with Crippen LogP contribution in [0.15, 0.2) is 24.3 Å². The second kappa shape index (κ2) is 7.28. The number of alkyl halides is 1. The topological polar surface area (TPSA) is 21.3 Å². The van der Waals surface area contributed by atoms with E-state index in [0.29, 0.717) is 5.92 Å². The molecule has 1 aliphatic rings. The molecule has 1 aromatic carbocycles. The first-order valence-electron chi connectivity index (χ1n) is 7.21. The Morgan fingerprint density at radius 3 is 2.89 bits per heavy atom. The highest BCUT2D eigenvalue weighted by atomic mass is 35.5. The van der Waals surface area contributed by atoms with Crippen LogP contribution in [-0.2, 0) is 11.2 Å². The summed E-state index contributed by atoms with van der Waals surface area (Å²) in [4.78, 5) is 0. The molecule has 19 heavy (non-hydrogen) atoms. The Morgan fingerprint density at radius 2 is 2.11 bits per heavy atom. The van der Waals surface area contributed by atoms with Gasteiger partial charge >= 0.3 is 0 Å². The first-order chi connectivity index (χ1) is 9.18. The molecular formula is C16H24ClNO. The first kappa shape index (κ1) is 14.8. The van der Waals surface area contributed by atoms with Gasteiger partial charge in [0.2, 0.25) is 0 Å². The van der Waals surface area contributed by atoms with Crippen molar-refractivity contribution in [1.29, 1.82) is 0 Å². The smallest absolute Gasteiger partial charge is 0.0591 e. The lowest BCUT2D eigenvalue weighted by atomic mass is 10.1. The van der Waals surface area contributed by atoms with Crippen LogP contribution >= 0.6 is 11.6 Å². The number of halogens is 1. The first-order valence-corrected chi connectivity index (χ1v) is 7.65. The van der Waals surface area contributed by atoms with Crippen LogP contribution in [0, 0.1) is 5.92 Å². The maximum absolute atomic E-state index is 6.42. The lowest BCUT2D eigenvalue weighted by Crippen LogP contribution is -2.29. The quantitative estimate of drug-likeness (QED) is 0.610. The fourth-order valence-corrected chi connectivity index (χ4v) is 2.88. The van der Waals surface area contributed by atoms with Gasteiger partial charge in [0.25, 0.3) is 0 Å². The van der Waals surface area contributed by atoms with E-state index in [1.807, 2.05) is 0 Å². The summed E-state index contributed by atoms with van der Waals surface area (Å²) in [5.41, 5.74) is 2.73. The van der Waals surface area contributed by atoms with Crippen molar-refractivity contribution in [2.24, 2.45) is 5.92 Å². The van der Waals surface area contributed by atoms with E-state index in [9.17, 15) is 0 Å². The number of fused-ring (bicyclic) bond motifs is 1. The predicted molar refractivity (Wildman–Crippen MR) is 80.8 cm³/mol. The fraction of sp³-hybridized carbons (Fsp3) is 0.625. The molecule has 0 saturated heterocycles. The highest BCUT2D eigenvalue weighted by Crippen LogP contribution is 2.34. The summed E-state index contributed by atoms with van der Waals surface area (Å²) in [5, 5.41) is 3.68. The minimum atomic E-state index is 0.160. The summed E-state index contributed by atoms with van der Waals surface area (Å²) in [5.74, 6) is 0.710. The zero-order valence-electron chi connectivity index (χ0n) is 11.9. The van der Waals surface area contributed by atoms with Crippen LogP contribution in [0.1, 0.15) is 37.4 Å². The van der Waals surface area contributed by atoms with Gasteiger partial charge in [-0.1, -0.05) is 38.1 Å². The predicted octanol–water partition coefficient (Wildman–Crippen LogP) is 3.54. The number of hydrogen-bond acceptors (Lipinski definition) is 2. The molecule has 1 aliphatic carbocycles. The second-order valence-electron chi connectivity index (χ2n) is 5.65. The third-order valence-corrected chi connectivity index (χ3v) is 4.02. The lowest BCUT2D eigenvalue weighted by Gasteiger charge is -2.17. The molecule has 0 heterocycles. The maximum Gasteiger partial charge on any atom is 0.0591 e. The van der Waals surface area contributed by atoms with E-state index in [-0.39, 0.29) is 11.4 Å². The van der Waals surface area contributed by atoms with Crippen molar-refractivity contribution in [2.45, 2.75) is 38.1 Å². The lowest BCUT2D eigenvalue weighted by molar-refractivity contribution is 0.123. The Bertz CT molecular complexity index is 394. The number of benzene rings is 1. The third-order valence-electron chi connectivity index (χ3n) is 3.62. The summed E-state index contributed by atoms with van der Waals surface area (Å²) < 4.78 is 5.62. The molecule has 2 nitrogen and oxygen atoms in total. The maximum atomic E-state index is 6.42. The van der Waals surface area contributed by atoms with Gasteiger partial charge in [-0.15, -0.1) is 11.6 Å². The van der Waals surface area contributed by atoms with Gasteiger partial charge in [0.05, 0.1) is 12.0 Å². The van der Waals surface area contributed by atoms with Crippen LogP contribution in [0.2, 0.25) is 0 Å². The van der Waals surface area contributed by atoms with E-state index in [2.05, 4.69) is 43.4 Å². The van der Waals surface area contributed by atoms with Gasteiger partial charge in [-0.3, -0.25) is 0 Å². The van der Waals surface area contributed by atoms with Crippen LogP contribution in [0.4, 0.5) is 0 Å². The number of hydrogen-bond donors (Lipinski definition) is 1. The van der Waals surface area contributed by atoms with Gasteiger partial charge in [0.1, 0.15) is 0 Å². The molecule has 0 saturated carbocycles. The minimum absolute atomic E-state index is 0.160. The van der Waals surface area contributed by atoms with Crippen molar-refractivity contribution >= 4 is 11.6 Å². The number of nitrogens with one attached hydrogen (secondary N) is 1. The van der Waals surface area contributed by atoms with Gasteiger partial charge in [0, 0.05) is 19.2 Å². The van der Waals surface area contributed by atoms with E-state index in [1.165, 1.54) is 11.1 Å². The van der Waals surface area contributed by atoms with E-state index >= 15 is 0 Å². The molecule has 0 spiro atoms. The fourth-order valence-electron chi connectivity index (χ4n) is 2.49. The Kier molecular flexibility index (Phi) is 5.68. The van der Waals surface area contributed by atoms with Crippen LogP contribution < -0.4 is 5.32 Å². The van der Waals surface area contributed by atoms with Crippen molar-refractivity contribution in [3.8, 4) is 0 Å². The molecule has 0 radical (unpaired) electrons. The van der Waals surface area contributed by atoms with Gasteiger partial charge in [0.15, 0.2) is 0 Å². The molecule has 3 heteroatoms. The molecule has 1 N–H and O–H groups in total. The molecule has 0 fully saturated rings. The van der Waals surface area contributed by atoms with E-state index in [0.717, 1.165) is 32.6 Å². The van der Waals surface area contributed by atoms with Crippen molar-refractivity contribution in [2.75, 3.05) is 19.8 Å². The van der Waals surface area contributed by atoms with E-state index in [1.54, 1.807) is 0 Å². The van der Waals surface area contributed by atoms with Gasteiger partial charge < -0.3 is 10.1 Å². The van der Waals surface area contributed by atoms with Crippen LogP contribution in [0.3, 0.4) is 0 Å². The third kappa shape index (κ3) is 4.20. The largest absolute Gasteiger partial charge is 0.380 e.